The summed E-state index contributed by atoms with van der Waals surface area (Å²) in [7, 11) is 1.55. The van der Waals surface area contributed by atoms with Crippen LogP contribution >= 0.6 is 11.6 Å². The Bertz CT molecular complexity index is 586. The molecule has 1 aliphatic rings. The molecular formula is C19H29ClN2O3. The molecule has 0 bridgehead atoms. The minimum absolute atomic E-state index is 0.137. The Labute approximate surface area is 155 Å². The highest BCUT2D eigenvalue weighted by Gasteiger charge is 2.27. The molecule has 0 spiro atoms. The van der Waals surface area contributed by atoms with E-state index in [1.165, 1.54) is 0 Å². The van der Waals surface area contributed by atoms with Gasteiger partial charge in [0.25, 0.3) is 5.91 Å². The summed E-state index contributed by atoms with van der Waals surface area (Å²) in [5, 5.41) is 6.78. The van der Waals surface area contributed by atoms with Gasteiger partial charge in [0.1, 0.15) is 0 Å². The van der Waals surface area contributed by atoms with Crippen molar-refractivity contribution in [1.29, 1.82) is 0 Å². The van der Waals surface area contributed by atoms with Crippen LogP contribution in [0.4, 0.5) is 0 Å². The van der Waals surface area contributed by atoms with Crippen molar-refractivity contribution in [3.63, 3.8) is 0 Å². The van der Waals surface area contributed by atoms with Gasteiger partial charge in [0.15, 0.2) is 11.5 Å². The lowest BCUT2D eigenvalue weighted by Gasteiger charge is -2.34. The monoisotopic (exact) mass is 368 g/mol. The fraction of sp³-hybridized carbons (Fsp3) is 0.632. The summed E-state index contributed by atoms with van der Waals surface area (Å²) < 4.78 is 11.1. The highest BCUT2D eigenvalue weighted by molar-refractivity contribution is 6.32. The molecule has 140 valence electrons. The van der Waals surface area contributed by atoms with E-state index < -0.39 is 0 Å². The molecule has 1 aromatic rings. The summed E-state index contributed by atoms with van der Waals surface area (Å²) in [6, 6.07) is 3.33. The highest BCUT2D eigenvalue weighted by atomic mass is 35.5. The average Bonchev–Trinajstić information content (AvgIpc) is 2.61. The van der Waals surface area contributed by atoms with Gasteiger partial charge < -0.3 is 20.1 Å². The molecule has 0 saturated carbocycles. The van der Waals surface area contributed by atoms with Gasteiger partial charge in [0.2, 0.25) is 0 Å². The number of unbranched alkanes of at least 4 members (excludes halogenated alkanes) is 1. The predicted octanol–water partition coefficient (Wildman–Crippen LogP) is 3.65. The Kier molecular flexibility index (Phi) is 7.38. The first-order valence-corrected chi connectivity index (χ1v) is 9.36. The third-order valence-corrected chi connectivity index (χ3v) is 5.00. The van der Waals surface area contributed by atoms with E-state index in [1.807, 2.05) is 0 Å². The minimum Gasteiger partial charge on any atom is -0.493 e. The van der Waals surface area contributed by atoms with Crippen LogP contribution in [0.1, 0.15) is 49.9 Å². The van der Waals surface area contributed by atoms with Crippen LogP contribution in [-0.4, -0.2) is 39.3 Å². The molecule has 1 aromatic carbocycles. The van der Waals surface area contributed by atoms with Crippen LogP contribution < -0.4 is 20.1 Å². The molecule has 0 atom stereocenters. The quantitative estimate of drug-likeness (QED) is 0.688. The van der Waals surface area contributed by atoms with Gasteiger partial charge in [-0.2, -0.15) is 0 Å². The van der Waals surface area contributed by atoms with Crippen LogP contribution in [0.5, 0.6) is 11.5 Å². The fourth-order valence-electron chi connectivity index (χ4n) is 2.91. The molecule has 0 radical (unpaired) electrons. The fourth-order valence-corrected chi connectivity index (χ4v) is 3.18. The largest absolute Gasteiger partial charge is 0.493 e. The van der Waals surface area contributed by atoms with E-state index in [0.29, 0.717) is 35.2 Å². The smallest absolute Gasteiger partial charge is 0.251 e. The molecule has 1 fully saturated rings. The van der Waals surface area contributed by atoms with Crippen molar-refractivity contribution < 1.29 is 14.3 Å². The molecule has 0 aromatic heterocycles. The van der Waals surface area contributed by atoms with Crippen molar-refractivity contribution in [3.05, 3.63) is 22.7 Å². The molecule has 5 nitrogen and oxygen atoms in total. The van der Waals surface area contributed by atoms with E-state index in [2.05, 4.69) is 24.5 Å². The number of nitrogens with one attached hydrogen (secondary N) is 2. The van der Waals surface area contributed by atoms with E-state index in [0.717, 1.165) is 38.8 Å². The van der Waals surface area contributed by atoms with Gasteiger partial charge in [-0.05, 0) is 49.9 Å². The predicted molar refractivity (Wildman–Crippen MR) is 101 cm³/mol. The molecule has 1 saturated heterocycles. The van der Waals surface area contributed by atoms with Gasteiger partial charge in [0.05, 0.1) is 18.7 Å². The van der Waals surface area contributed by atoms with E-state index in [9.17, 15) is 4.79 Å². The zero-order valence-corrected chi connectivity index (χ0v) is 16.2. The molecule has 2 rings (SSSR count). The second-order valence-corrected chi connectivity index (χ2v) is 7.34. The maximum atomic E-state index is 12.5. The van der Waals surface area contributed by atoms with Gasteiger partial charge in [-0.15, -0.1) is 0 Å². The summed E-state index contributed by atoms with van der Waals surface area (Å²) >= 11 is 6.32. The summed E-state index contributed by atoms with van der Waals surface area (Å²) in [5.41, 5.74) is 0.625. The number of methoxy groups -OCH3 is 1. The van der Waals surface area contributed by atoms with E-state index in [-0.39, 0.29) is 11.3 Å². The summed E-state index contributed by atoms with van der Waals surface area (Å²) in [5.74, 6) is 0.849. The standard InChI is InChI=1S/C19H29ClN2O3/c1-4-5-10-25-17-15(20)11-14(12-16(17)24-3)18(23)22-13-19(2)6-8-21-9-7-19/h11-12,21H,4-10,13H2,1-3H3,(H,22,23). The molecule has 0 aliphatic carbocycles. The maximum absolute atomic E-state index is 12.5. The zero-order valence-electron chi connectivity index (χ0n) is 15.4. The Morgan fingerprint density at radius 1 is 1.36 bits per heavy atom. The summed E-state index contributed by atoms with van der Waals surface area (Å²) in [6.07, 6.45) is 4.09. The number of piperidine rings is 1. The lowest BCUT2D eigenvalue weighted by Crippen LogP contribution is -2.42. The summed E-state index contributed by atoms with van der Waals surface area (Å²) in [4.78, 5) is 12.5. The topological polar surface area (TPSA) is 59.6 Å². The number of benzene rings is 1. The number of amides is 1. The van der Waals surface area contributed by atoms with Gasteiger partial charge in [0, 0.05) is 12.1 Å². The highest BCUT2D eigenvalue weighted by Crippen LogP contribution is 2.36. The number of rotatable bonds is 8. The normalized spacial score (nSPS) is 16.3. The summed E-state index contributed by atoms with van der Waals surface area (Å²) in [6.45, 7) is 7.53. The van der Waals surface area contributed by atoms with E-state index in [1.54, 1.807) is 19.2 Å². The Balaban J connectivity index is 2.05. The lowest BCUT2D eigenvalue weighted by atomic mass is 9.81. The first-order chi connectivity index (χ1) is 12.0. The number of carbonyl (C=O) groups excluding carboxylic acids is 1. The van der Waals surface area contributed by atoms with Gasteiger partial charge in [-0.1, -0.05) is 31.9 Å². The first-order valence-electron chi connectivity index (χ1n) is 8.98. The number of ether oxygens (including phenoxy) is 2. The van der Waals surface area contributed by atoms with Gasteiger partial charge >= 0.3 is 0 Å². The molecular weight excluding hydrogens is 340 g/mol. The van der Waals surface area contributed by atoms with Crippen molar-refractivity contribution in [2.24, 2.45) is 5.41 Å². The Hall–Kier alpha value is -1.46. The van der Waals surface area contributed by atoms with Crippen LogP contribution in [0, 0.1) is 5.41 Å². The van der Waals surface area contributed by atoms with Crippen molar-refractivity contribution in [3.8, 4) is 11.5 Å². The molecule has 0 unspecified atom stereocenters. The number of carbonyl (C=O) groups is 1. The van der Waals surface area contributed by atoms with E-state index in [4.69, 9.17) is 21.1 Å². The van der Waals surface area contributed by atoms with Crippen LogP contribution in [0.25, 0.3) is 0 Å². The third kappa shape index (κ3) is 5.51. The Morgan fingerprint density at radius 2 is 2.08 bits per heavy atom. The van der Waals surface area contributed by atoms with Crippen LogP contribution in [0.2, 0.25) is 5.02 Å². The molecule has 1 aliphatic heterocycles. The zero-order chi connectivity index (χ0) is 18.3. The molecule has 25 heavy (non-hydrogen) atoms. The van der Waals surface area contributed by atoms with Crippen LogP contribution in [-0.2, 0) is 0 Å². The van der Waals surface area contributed by atoms with Crippen molar-refractivity contribution >= 4 is 17.5 Å². The number of halogens is 1. The number of hydrogen-bond acceptors (Lipinski definition) is 4. The van der Waals surface area contributed by atoms with E-state index >= 15 is 0 Å². The van der Waals surface area contributed by atoms with Crippen molar-refractivity contribution in [2.45, 2.75) is 39.5 Å². The SMILES string of the molecule is CCCCOc1c(Cl)cc(C(=O)NCC2(C)CCNCC2)cc1OC. The molecule has 6 heteroatoms. The molecule has 1 heterocycles. The minimum atomic E-state index is -0.139. The average molecular weight is 369 g/mol. The van der Waals surface area contributed by atoms with Crippen molar-refractivity contribution in [2.75, 3.05) is 33.4 Å². The van der Waals surface area contributed by atoms with Crippen LogP contribution in [0.15, 0.2) is 12.1 Å². The third-order valence-electron chi connectivity index (χ3n) is 4.72. The number of hydrogen-bond donors (Lipinski definition) is 2. The van der Waals surface area contributed by atoms with Gasteiger partial charge in [-0.25, -0.2) is 0 Å². The second-order valence-electron chi connectivity index (χ2n) is 6.93. The lowest BCUT2D eigenvalue weighted by molar-refractivity contribution is 0.0922. The second kappa shape index (κ2) is 9.30. The first kappa shape index (κ1) is 19.9. The van der Waals surface area contributed by atoms with Crippen LogP contribution in [0.3, 0.4) is 0 Å². The molecule has 1 amide bonds. The van der Waals surface area contributed by atoms with Crippen molar-refractivity contribution in [1.82, 2.24) is 10.6 Å². The van der Waals surface area contributed by atoms with Gasteiger partial charge in [-0.3, -0.25) is 4.79 Å². The maximum Gasteiger partial charge on any atom is 0.251 e. The Morgan fingerprint density at radius 3 is 2.72 bits per heavy atom. The molecule has 2 N–H and O–H groups in total.